The van der Waals surface area contributed by atoms with Gasteiger partial charge in [0.05, 0.1) is 17.9 Å². The van der Waals surface area contributed by atoms with Gasteiger partial charge in [0.15, 0.2) is 0 Å². The molecule has 66 valence electrons. The Kier molecular flexibility index (Phi) is 1.96. The molecular weight excluding hydrogens is 166 g/mol. The van der Waals surface area contributed by atoms with Gasteiger partial charge < -0.3 is 4.84 Å². The summed E-state index contributed by atoms with van der Waals surface area (Å²) in [4.78, 5) is 4.61. The molecule has 0 aliphatic heterocycles. The summed E-state index contributed by atoms with van der Waals surface area (Å²) < 4.78 is 0. The molecule has 1 N–H and O–H groups in total. The SMILES string of the molecule is CON=Cc1cccc2[nH]ncc12. The lowest BCUT2D eigenvalue weighted by atomic mass is 10.1. The second kappa shape index (κ2) is 3.26. The molecule has 0 fully saturated rings. The highest BCUT2D eigenvalue weighted by Gasteiger charge is 1.98. The van der Waals surface area contributed by atoms with E-state index in [2.05, 4.69) is 20.2 Å². The first-order valence-corrected chi connectivity index (χ1v) is 3.90. The minimum Gasteiger partial charge on any atom is -0.399 e. The average molecular weight is 175 g/mol. The van der Waals surface area contributed by atoms with E-state index in [4.69, 9.17) is 0 Å². The molecule has 1 heterocycles. The Morgan fingerprint density at radius 1 is 1.54 bits per heavy atom. The fraction of sp³-hybridized carbons (Fsp3) is 0.111. The largest absolute Gasteiger partial charge is 0.399 e. The molecule has 1 aromatic carbocycles. The molecule has 4 nitrogen and oxygen atoms in total. The summed E-state index contributed by atoms with van der Waals surface area (Å²) in [6.45, 7) is 0. The van der Waals surface area contributed by atoms with Gasteiger partial charge in [-0.25, -0.2) is 0 Å². The summed E-state index contributed by atoms with van der Waals surface area (Å²) in [5, 5.41) is 11.6. The molecule has 0 unspecified atom stereocenters. The molecule has 1 aromatic heterocycles. The standard InChI is InChI=1S/C9H9N3O/c1-13-11-5-7-3-2-4-9-8(7)6-10-12-9/h2-6H,1H3,(H,10,12). The molecule has 4 heteroatoms. The van der Waals surface area contributed by atoms with Crippen LogP contribution in [0.25, 0.3) is 10.9 Å². The summed E-state index contributed by atoms with van der Waals surface area (Å²) in [5.41, 5.74) is 1.99. The molecule has 0 bridgehead atoms. The number of hydrogen-bond acceptors (Lipinski definition) is 3. The van der Waals surface area contributed by atoms with E-state index in [1.165, 1.54) is 7.11 Å². The quantitative estimate of drug-likeness (QED) is 0.556. The monoisotopic (exact) mass is 175 g/mol. The molecule has 2 aromatic rings. The second-order valence-electron chi connectivity index (χ2n) is 2.60. The first-order valence-electron chi connectivity index (χ1n) is 3.90. The summed E-state index contributed by atoms with van der Waals surface area (Å²) in [7, 11) is 1.52. The van der Waals surface area contributed by atoms with Crippen LogP contribution in [0.2, 0.25) is 0 Å². The highest BCUT2D eigenvalue weighted by Crippen LogP contribution is 2.13. The van der Waals surface area contributed by atoms with Gasteiger partial charge in [0.25, 0.3) is 0 Å². The first-order chi connectivity index (χ1) is 6.42. The Labute approximate surface area is 75.2 Å². The Morgan fingerprint density at radius 3 is 3.31 bits per heavy atom. The molecule has 0 radical (unpaired) electrons. The van der Waals surface area contributed by atoms with E-state index < -0.39 is 0 Å². The predicted molar refractivity (Wildman–Crippen MR) is 50.7 cm³/mol. The molecule has 0 aliphatic carbocycles. The number of H-pyrrole nitrogens is 1. The van der Waals surface area contributed by atoms with Crippen molar-refractivity contribution in [3.8, 4) is 0 Å². The van der Waals surface area contributed by atoms with Gasteiger partial charge in [-0.1, -0.05) is 17.3 Å². The molecule has 0 saturated carbocycles. The number of oxime groups is 1. The Morgan fingerprint density at radius 2 is 2.46 bits per heavy atom. The normalized spacial score (nSPS) is 11.2. The number of hydrogen-bond donors (Lipinski definition) is 1. The van der Waals surface area contributed by atoms with Crippen molar-refractivity contribution in [1.29, 1.82) is 0 Å². The van der Waals surface area contributed by atoms with Crippen LogP contribution in [0.5, 0.6) is 0 Å². The van der Waals surface area contributed by atoms with Gasteiger partial charge in [-0.15, -0.1) is 0 Å². The van der Waals surface area contributed by atoms with E-state index in [1.54, 1.807) is 12.4 Å². The Bertz CT molecular complexity index is 433. The molecule has 0 amide bonds. The van der Waals surface area contributed by atoms with Gasteiger partial charge in [0.2, 0.25) is 0 Å². The highest BCUT2D eigenvalue weighted by molar-refractivity contribution is 5.97. The lowest BCUT2D eigenvalue weighted by molar-refractivity contribution is 0.215. The fourth-order valence-electron chi connectivity index (χ4n) is 1.21. The minimum absolute atomic E-state index is 0.994. The third kappa shape index (κ3) is 1.38. The maximum Gasteiger partial charge on any atom is 0.106 e. The van der Waals surface area contributed by atoms with Crippen LogP contribution in [0.3, 0.4) is 0 Å². The smallest absolute Gasteiger partial charge is 0.106 e. The predicted octanol–water partition coefficient (Wildman–Crippen LogP) is 1.54. The van der Waals surface area contributed by atoms with E-state index in [1.807, 2.05) is 18.2 Å². The first kappa shape index (κ1) is 7.79. The summed E-state index contributed by atoms with van der Waals surface area (Å²) in [6.07, 6.45) is 3.43. The molecule has 0 aliphatic rings. The van der Waals surface area contributed by atoms with Crippen molar-refractivity contribution in [1.82, 2.24) is 10.2 Å². The lowest BCUT2D eigenvalue weighted by Crippen LogP contribution is -1.82. The van der Waals surface area contributed by atoms with Crippen LogP contribution in [0.4, 0.5) is 0 Å². The molecule has 0 atom stereocenters. The van der Waals surface area contributed by atoms with Crippen molar-refractivity contribution in [2.45, 2.75) is 0 Å². The van der Waals surface area contributed by atoms with Crippen molar-refractivity contribution in [2.24, 2.45) is 5.16 Å². The number of aromatic nitrogens is 2. The Balaban J connectivity index is 2.54. The van der Waals surface area contributed by atoms with Crippen molar-refractivity contribution in [2.75, 3.05) is 7.11 Å². The minimum atomic E-state index is 0.994. The third-order valence-electron chi connectivity index (χ3n) is 1.82. The van der Waals surface area contributed by atoms with E-state index >= 15 is 0 Å². The van der Waals surface area contributed by atoms with Crippen molar-refractivity contribution in [3.63, 3.8) is 0 Å². The Hall–Kier alpha value is -1.84. The summed E-state index contributed by atoms with van der Waals surface area (Å²) >= 11 is 0. The van der Waals surface area contributed by atoms with Gasteiger partial charge in [0, 0.05) is 10.9 Å². The van der Waals surface area contributed by atoms with Gasteiger partial charge in [-0.2, -0.15) is 5.10 Å². The van der Waals surface area contributed by atoms with Crippen LogP contribution in [0.15, 0.2) is 29.6 Å². The van der Waals surface area contributed by atoms with Gasteiger partial charge in [-0.3, -0.25) is 5.10 Å². The van der Waals surface area contributed by atoms with Crippen LogP contribution in [0.1, 0.15) is 5.56 Å². The summed E-state index contributed by atoms with van der Waals surface area (Å²) in [5.74, 6) is 0. The van der Waals surface area contributed by atoms with E-state index in [0.717, 1.165) is 16.5 Å². The zero-order chi connectivity index (χ0) is 9.10. The van der Waals surface area contributed by atoms with E-state index in [-0.39, 0.29) is 0 Å². The topological polar surface area (TPSA) is 50.3 Å². The van der Waals surface area contributed by atoms with Crippen LogP contribution in [-0.2, 0) is 4.84 Å². The van der Waals surface area contributed by atoms with Crippen molar-refractivity contribution >= 4 is 17.1 Å². The van der Waals surface area contributed by atoms with Crippen LogP contribution in [-0.4, -0.2) is 23.5 Å². The maximum absolute atomic E-state index is 4.61. The molecule has 2 rings (SSSR count). The van der Waals surface area contributed by atoms with Crippen LogP contribution >= 0.6 is 0 Å². The molecule has 0 spiro atoms. The van der Waals surface area contributed by atoms with Gasteiger partial charge in [0.1, 0.15) is 7.11 Å². The van der Waals surface area contributed by atoms with E-state index in [9.17, 15) is 0 Å². The molecule has 13 heavy (non-hydrogen) atoms. The zero-order valence-corrected chi connectivity index (χ0v) is 7.19. The number of aromatic amines is 1. The number of fused-ring (bicyclic) bond motifs is 1. The molecular formula is C9H9N3O. The van der Waals surface area contributed by atoms with Crippen LogP contribution < -0.4 is 0 Å². The number of benzene rings is 1. The lowest BCUT2D eigenvalue weighted by Gasteiger charge is -1.93. The van der Waals surface area contributed by atoms with E-state index in [0.29, 0.717) is 0 Å². The summed E-state index contributed by atoms with van der Waals surface area (Å²) in [6, 6.07) is 5.87. The van der Waals surface area contributed by atoms with Crippen molar-refractivity contribution in [3.05, 3.63) is 30.0 Å². The maximum atomic E-state index is 4.61. The highest BCUT2D eigenvalue weighted by atomic mass is 16.6. The van der Waals surface area contributed by atoms with Gasteiger partial charge in [-0.05, 0) is 6.07 Å². The van der Waals surface area contributed by atoms with Crippen molar-refractivity contribution < 1.29 is 4.84 Å². The molecule has 0 saturated heterocycles. The fourth-order valence-corrected chi connectivity index (χ4v) is 1.21. The third-order valence-corrected chi connectivity index (χ3v) is 1.82. The average Bonchev–Trinajstić information content (AvgIpc) is 2.62. The zero-order valence-electron chi connectivity index (χ0n) is 7.19. The van der Waals surface area contributed by atoms with Gasteiger partial charge >= 0.3 is 0 Å². The number of nitrogens with zero attached hydrogens (tertiary/aromatic N) is 2. The number of rotatable bonds is 2. The van der Waals surface area contributed by atoms with Crippen LogP contribution in [0, 0.1) is 0 Å². The number of nitrogens with one attached hydrogen (secondary N) is 1. The second-order valence-corrected chi connectivity index (χ2v) is 2.60.